The molecule has 0 saturated carbocycles. The lowest BCUT2D eigenvalue weighted by Crippen LogP contribution is -2.22. The summed E-state index contributed by atoms with van der Waals surface area (Å²) in [6.45, 7) is 7.28. The van der Waals surface area contributed by atoms with E-state index in [0.29, 0.717) is 18.1 Å². The van der Waals surface area contributed by atoms with Gasteiger partial charge in [-0.1, -0.05) is 0 Å². The molecule has 1 aliphatic rings. The second kappa shape index (κ2) is 5.16. The van der Waals surface area contributed by atoms with Gasteiger partial charge in [-0.05, 0) is 20.8 Å². The van der Waals surface area contributed by atoms with E-state index in [1.54, 1.807) is 17.3 Å². The van der Waals surface area contributed by atoms with Crippen LogP contribution in [0.4, 0.5) is 11.6 Å². The van der Waals surface area contributed by atoms with Crippen LogP contribution < -0.4 is 10.2 Å². The van der Waals surface area contributed by atoms with E-state index in [1.165, 1.54) is 0 Å². The van der Waals surface area contributed by atoms with Crippen LogP contribution in [-0.4, -0.2) is 32.2 Å². The van der Waals surface area contributed by atoms with Gasteiger partial charge in [0.25, 0.3) is 5.91 Å². The van der Waals surface area contributed by atoms with Crippen molar-refractivity contribution in [3.8, 4) is 0 Å². The number of fused-ring (bicyclic) bond motifs is 1. The predicted octanol–water partition coefficient (Wildman–Crippen LogP) is 1.85. The van der Waals surface area contributed by atoms with Gasteiger partial charge in [0.15, 0.2) is 0 Å². The standard InChI is InChI=1S/C14H18N6O/c1-4-15-14-16-6-11-12(18-14)8-19(13(11)21)10-5-17-20(7-10)9(2)3/h5-7,9H,4,8H2,1-3H3,(H,15,16,18). The van der Waals surface area contributed by atoms with Crippen molar-refractivity contribution in [2.45, 2.75) is 33.4 Å². The van der Waals surface area contributed by atoms with Crippen LogP contribution >= 0.6 is 0 Å². The maximum Gasteiger partial charge on any atom is 0.262 e. The number of nitrogens with zero attached hydrogens (tertiary/aromatic N) is 5. The molecule has 3 heterocycles. The van der Waals surface area contributed by atoms with Gasteiger partial charge in [-0.3, -0.25) is 14.4 Å². The highest BCUT2D eigenvalue weighted by molar-refractivity contribution is 6.09. The Kier molecular flexibility index (Phi) is 3.32. The highest BCUT2D eigenvalue weighted by atomic mass is 16.2. The van der Waals surface area contributed by atoms with Gasteiger partial charge >= 0.3 is 0 Å². The van der Waals surface area contributed by atoms with Crippen LogP contribution in [0.3, 0.4) is 0 Å². The molecule has 1 amide bonds. The van der Waals surface area contributed by atoms with Crippen LogP contribution in [0, 0.1) is 0 Å². The maximum atomic E-state index is 12.4. The molecule has 1 aliphatic heterocycles. The van der Waals surface area contributed by atoms with E-state index in [2.05, 4.69) is 20.4 Å². The average Bonchev–Trinajstić information content (AvgIpc) is 3.04. The van der Waals surface area contributed by atoms with Crippen molar-refractivity contribution >= 4 is 17.5 Å². The number of amides is 1. The molecule has 0 bridgehead atoms. The number of aromatic nitrogens is 4. The van der Waals surface area contributed by atoms with Gasteiger partial charge in [-0.2, -0.15) is 5.10 Å². The molecule has 0 unspecified atom stereocenters. The summed E-state index contributed by atoms with van der Waals surface area (Å²) in [5.74, 6) is 0.486. The van der Waals surface area contributed by atoms with Crippen molar-refractivity contribution < 1.29 is 4.79 Å². The van der Waals surface area contributed by atoms with E-state index in [9.17, 15) is 4.79 Å². The van der Waals surface area contributed by atoms with Crippen LogP contribution in [-0.2, 0) is 6.54 Å². The van der Waals surface area contributed by atoms with E-state index >= 15 is 0 Å². The lowest BCUT2D eigenvalue weighted by molar-refractivity contribution is 0.0996. The van der Waals surface area contributed by atoms with Crippen LogP contribution in [0.5, 0.6) is 0 Å². The van der Waals surface area contributed by atoms with E-state index in [-0.39, 0.29) is 11.9 Å². The van der Waals surface area contributed by atoms with Crippen molar-refractivity contribution in [2.24, 2.45) is 0 Å². The Morgan fingerprint density at radius 2 is 2.19 bits per heavy atom. The minimum atomic E-state index is -0.0728. The topological polar surface area (TPSA) is 75.9 Å². The molecule has 0 radical (unpaired) electrons. The number of carbonyl (C=O) groups excluding carboxylic acids is 1. The summed E-state index contributed by atoms with van der Waals surface area (Å²) < 4.78 is 1.83. The number of hydrogen-bond donors (Lipinski definition) is 1. The molecule has 110 valence electrons. The van der Waals surface area contributed by atoms with Gasteiger partial charge < -0.3 is 5.32 Å². The Morgan fingerprint density at radius 3 is 2.86 bits per heavy atom. The molecule has 7 heteroatoms. The number of hydrogen-bond acceptors (Lipinski definition) is 5. The Morgan fingerprint density at radius 1 is 1.38 bits per heavy atom. The Bertz CT molecular complexity index is 678. The largest absolute Gasteiger partial charge is 0.354 e. The fourth-order valence-corrected chi connectivity index (χ4v) is 2.28. The first-order valence-corrected chi connectivity index (χ1v) is 7.06. The molecule has 0 saturated heterocycles. The summed E-state index contributed by atoms with van der Waals surface area (Å²) >= 11 is 0. The van der Waals surface area contributed by atoms with Gasteiger partial charge in [-0.25, -0.2) is 9.97 Å². The predicted molar refractivity (Wildman–Crippen MR) is 79.3 cm³/mol. The average molecular weight is 286 g/mol. The van der Waals surface area contributed by atoms with Crippen molar-refractivity contribution in [2.75, 3.05) is 16.8 Å². The first-order valence-electron chi connectivity index (χ1n) is 7.06. The molecular weight excluding hydrogens is 268 g/mol. The lowest BCUT2D eigenvalue weighted by atomic mass is 10.3. The third-order valence-electron chi connectivity index (χ3n) is 3.41. The van der Waals surface area contributed by atoms with Crippen LogP contribution in [0.1, 0.15) is 42.9 Å². The summed E-state index contributed by atoms with van der Waals surface area (Å²) in [4.78, 5) is 22.7. The van der Waals surface area contributed by atoms with Crippen molar-refractivity contribution in [1.82, 2.24) is 19.7 Å². The summed E-state index contributed by atoms with van der Waals surface area (Å²) in [7, 11) is 0. The number of rotatable bonds is 4. The summed E-state index contributed by atoms with van der Waals surface area (Å²) in [5, 5.41) is 7.34. The fraction of sp³-hybridized carbons (Fsp3) is 0.429. The molecule has 1 N–H and O–H groups in total. The zero-order valence-corrected chi connectivity index (χ0v) is 12.4. The van der Waals surface area contributed by atoms with E-state index in [1.807, 2.05) is 31.6 Å². The second-order valence-corrected chi connectivity index (χ2v) is 5.25. The third-order valence-corrected chi connectivity index (χ3v) is 3.41. The van der Waals surface area contributed by atoms with Gasteiger partial charge in [0.05, 0.1) is 29.7 Å². The molecule has 3 rings (SSSR count). The summed E-state index contributed by atoms with van der Waals surface area (Å²) in [6.07, 6.45) is 5.19. The van der Waals surface area contributed by atoms with Gasteiger partial charge in [-0.15, -0.1) is 0 Å². The quantitative estimate of drug-likeness (QED) is 0.928. The third kappa shape index (κ3) is 2.35. The first kappa shape index (κ1) is 13.5. The van der Waals surface area contributed by atoms with Crippen LogP contribution in [0.15, 0.2) is 18.6 Å². The number of anilines is 2. The minimum absolute atomic E-state index is 0.0728. The van der Waals surface area contributed by atoms with E-state index in [0.717, 1.165) is 17.9 Å². The smallest absolute Gasteiger partial charge is 0.262 e. The number of carbonyl (C=O) groups is 1. The monoisotopic (exact) mass is 286 g/mol. The molecule has 0 spiro atoms. The maximum absolute atomic E-state index is 12.4. The summed E-state index contributed by atoms with van der Waals surface area (Å²) in [6, 6.07) is 0.263. The highest BCUT2D eigenvalue weighted by Crippen LogP contribution is 2.27. The van der Waals surface area contributed by atoms with Gasteiger partial charge in [0, 0.05) is 25.0 Å². The normalized spacial score (nSPS) is 13.9. The molecule has 2 aromatic heterocycles. The molecule has 0 aliphatic carbocycles. The lowest BCUT2D eigenvalue weighted by Gasteiger charge is -2.12. The Balaban J connectivity index is 1.88. The van der Waals surface area contributed by atoms with E-state index in [4.69, 9.17) is 0 Å². The molecular formula is C14H18N6O. The first-order chi connectivity index (χ1) is 10.1. The van der Waals surface area contributed by atoms with E-state index < -0.39 is 0 Å². The Hall–Kier alpha value is -2.44. The zero-order valence-electron chi connectivity index (χ0n) is 12.4. The minimum Gasteiger partial charge on any atom is -0.354 e. The molecule has 21 heavy (non-hydrogen) atoms. The molecule has 0 atom stereocenters. The summed E-state index contributed by atoms with van der Waals surface area (Å²) in [5.41, 5.74) is 2.11. The molecule has 2 aromatic rings. The Labute approximate surface area is 123 Å². The van der Waals surface area contributed by atoms with Crippen molar-refractivity contribution in [3.05, 3.63) is 29.8 Å². The number of nitrogens with one attached hydrogen (secondary N) is 1. The fourth-order valence-electron chi connectivity index (χ4n) is 2.28. The second-order valence-electron chi connectivity index (χ2n) is 5.25. The zero-order chi connectivity index (χ0) is 15.0. The van der Waals surface area contributed by atoms with Crippen LogP contribution in [0.2, 0.25) is 0 Å². The highest BCUT2D eigenvalue weighted by Gasteiger charge is 2.31. The van der Waals surface area contributed by atoms with Gasteiger partial charge in [0.2, 0.25) is 5.95 Å². The molecule has 0 aromatic carbocycles. The van der Waals surface area contributed by atoms with Gasteiger partial charge in [0.1, 0.15) is 0 Å². The molecule has 0 fully saturated rings. The van der Waals surface area contributed by atoms with Crippen molar-refractivity contribution in [3.63, 3.8) is 0 Å². The SMILES string of the molecule is CCNc1ncc2c(n1)CN(c1cnn(C(C)C)c1)C2=O. The van der Waals surface area contributed by atoms with Crippen LogP contribution in [0.25, 0.3) is 0 Å². The van der Waals surface area contributed by atoms with Crippen molar-refractivity contribution in [1.29, 1.82) is 0 Å². The molecule has 7 nitrogen and oxygen atoms in total.